The monoisotopic (exact) mass is 357 g/mol. The molecular weight excluding hydrogens is 334 g/mol. The van der Waals surface area contributed by atoms with E-state index in [4.69, 9.17) is 0 Å². The van der Waals surface area contributed by atoms with Gasteiger partial charge in [-0.2, -0.15) is 0 Å². The second-order valence-electron chi connectivity index (χ2n) is 6.55. The molecule has 0 saturated carbocycles. The number of carbonyl (C=O) groups is 1. The van der Waals surface area contributed by atoms with Gasteiger partial charge in [0.2, 0.25) is 5.91 Å². The Morgan fingerprint density at radius 2 is 1.56 bits per heavy atom. The zero-order valence-corrected chi connectivity index (χ0v) is 14.9. The van der Waals surface area contributed by atoms with Crippen molar-refractivity contribution in [2.75, 3.05) is 18.1 Å². The summed E-state index contributed by atoms with van der Waals surface area (Å²) >= 11 is 0. The van der Waals surface area contributed by atoms with Crippen molar-refractivity contribution in [2.24, 2.45) is 5.92 Å². The van der Waals surface area contributed by atoms with Gasteiger partial charge in [-0.25, -0.2) is 8.42 Å². The molecule has 2 aromatic carbocycles. The number of rotatable bonds is 6. The molecule has 0 bridgehead atoms. The first kappa shape index (κ1) is 17.7. The maximum Gasteiger partial charge on any atom is 0.224 e. The molecule has 0 radical (unpaired) electrons. The summed E-state index contributed by atoms with van der Waals surface area (Å²) in [6.07, 6.45) is 1.22. The van der Waals surface area contributed by atoms with Crippen LogP contribution in [0.1, 0.15) is 29.9 Å². The van der Waals surface area contributed by atoms with E-state index in [9.17, 15) is 13.2 Å². The zero-order chi connectivity index (χ0) is 17.7. The van der Waals surface area contributed by atoms with Gasteiger partial charge >= 0.3 is 0 Å². The normalized spacial score (nSPS) is 19.0. The highest BCUT2D eigenvalue weighted by molar-refractivity contribution is 7.91. The molecule has 1 N–H and O–H groups in total. The van der Waals surface area contributed by atoms with Crippen LogP contribution >= 0.6 is 0 Å². The Bertz CT molecular complexity index is 764. The van der Waals surface area contributed by atoms with E-state index >= 15 is 0 Å². The van der Waals surface area contributed by atoms with Gasteiger partial charge in [0.1, 0.15) is 0 Å². The van der Waals surface area contributed by atoms with Gasteiger partial charge < -0.3 is 5.32 Å². The van der Waals surface area contributed by atoms with Crippen molar-refractivity contribution in [3.63, 3.8) is 0 Å². The van der Waals surface area contributed by atoms with Crippen molar-refractivity contribution in [1.82, 2.24) is 5.32 Å². The van der Waals surface area contributed by atoms with E-state index in [1.165, 1.54) is 11.1 Å². The van der Waals surface area contributed by atoms with E-state index in [0.717, 1.165) is 6.42 Å². The van der Waals surface area contributed by atoms with Gasteiger partial charge in [-0.15, -0.1) is 0 Å². The molecule has 25 heavy (non-hydrogen) atoms. The summed E-state index contributed by atoms with van der Waals surface area (Å²) in [4.78, 5) is 12.2. The van der Waals surface area contributed by atoms with Crippen LogP contribution in [0.2, 0.25) is 0 Å². The van der Waals surface area contributed by atoms with Crippen LogP contribution in [-0.4, -0.2) is 32.4 Å². The van der Waals surface area contributed by atoms with Gasteiger partial charge in [-0.05, 0) is 24.0 Å². The highest BCUT2D eigenvalue weighted by atomic mass is 32.2. The second-order valence-corrected chi connectivity index (χ2v) is 8.78. The summed E-state index contributed by atoms with van der Waals surface area (Å²) in [5, 5.41) is 2.93. The van der Waals surface area contributed by atoms with Crippen LogP contribution in [0.25, 0.3) is 0 Å². The third-order valence-corrected chi connectivity index (χ3v) is 6.51. The molecule has 1 aliphatic heterocycles. The van der Waals surface area contributed by atoms with Crippen molar-refractivity contribution in [2.45, 2.75) is 18.8 Å². The van der Waals surface area contributed by atoms with Crippen LogP contribution in [0.15, 0.2) is 60.7 Å². The average molecular weight is 357 g/mol. The minimum Gasteiger partial charge on any atom is -0.356 e. The van der Waals surface area contributed by atoms with E-state index in [1.54, 1.807) is 0 Å². The molecule has 5 heteroatoms. The summed E-state index contributed by atoms with van der Waals surface area (Å²) in [7, 11) is -3.03. The second kappa shape index (κ2) is 7.83. The fourth-order valence-corrected chi connectivity index (χ4v) is 5.12. The largest absolute Gasteiger partial charge is 0.356 e. The van der Waals surface area contributed by atoms with Crippen LogP contribution < -0.4 is 5.32 Å². The first-order valence-corrected chi connectivity index (χ1v) is 10.5. The van der Waals surface area contributed by atoms with E-state index in [1.807, 2.05) is 36.4 Å². The average Bonchev–Trinajstić information content (AvgIpc) is 3.00. The fourth-order valence-electron chi connectivity index (χ4n) is 3.38. The lowest BCUT2D eigenvalue weighted by molar-refractivity contribution is -0.124. The van der Waals surface area contributed by atoms with E-state index in [-0.39, 0.29) is 23.3 Å². The van der Waals surface area contributed by atoms with Crippen LogP contribution in [0, 0.1) is 5.92 Å². The van der Waals surface area contributed by atoms with Crippen LogP contribution in [-0.2, 0) is 14.6 Å². The topological polar surface area (TPSA) is 63.2 Å². The number of benzene rings is 2. The lowest BCUT2D eigenvalue weighted by atomic mass is 9.88. The molecule has 1 aliphatic rings. The van der Waals surface area contributed by atoms with Gasteiger partial charge in [0, 0.05) is 12.5 Å². The Morgan fingerprint density at radius 1 is 1.00 bits per heavy atom. The van der Waals surface area contributed by atoms with Gasteiger partial charge in [0.25, 0.3) is 0 Å². The first-order valence-electron chi connectivity index (χ1n) is 8.63. The number of sulfone groups is 1. The van der Waals surface area contributed by atoms with Crippen LogP contribution in [0.3, 0.4) is 0 Å². The number of amides is 1. The predicted molar refractivity (Wildman–Crippen MR) is 99.1 cm³/mol. The molecular formula is C20H23NO3S. The van der Waals surface area contributed by atoms with E-state index in [2.05, 4.69) is 29.6 Å². The van der Waals surface area contributed by atoms with Crippen molar-refractivity contribution in [3.8, 4) is 0 Å². The Hall–Kier alpha value is -2.14. The highest BCUT2D eigenvalue weighted by Gasteiger charge is 2.32. The Labute approximate surface area is 149 Å². The SMILES string of the molecule is O=C(NCCC(c1ccccc1)c1ccccc1)C1CCS(=O)(=O)C1. The van der Waals surface area contributed by atoms with E-state index < -0.39 is 15.8 Å². The zero-order valence-electron chi connectivity index (χ0n) is 14.1. The molecule has 2 aromatic rings. The maximum absolute atomic E-state index is 12.2. The van der Waals surface area contributed by atoms with Gasteiger partial charge in [0.15, 0.2) is 9.84 Å². The maximum atomic E-state index is 12.2. The molecule has 1 saturated heterocycles. The molecule has 3 rings (SSSR count). The number of hydrogen-bond donors (Lipinski definition) is 1. The van der Waals surface area contributed by atoms with Gasteiger partial charge in [-0.3, -0.25) is 4.79 Å². The summed E-state index contributed by atoms with van der Waals surface area (Å²) in [6, 6.07) is 20.5. The molecule has 132 valence electrons. The number of hydrogen-bond acceptors (Lipinski definition) is 3. The Morgan fingerprint density at radius 3 is 2.04 bits per heavy atom. The first-order chi connectivity index (χ1) is 12.1. The minimum absolute atomic E-state index is 0.0143. The number of carbonyl (C=O) groups excluding carboxylic acids is 1. The standard InChI is InChI=1S/C20H23NO3S/c22-20(18-12-14-25(23,24)15-18)21-13-11-19(16-7-3-1-4-8-16)17-9-5-2-6-10-17/h1-10,18-19H,11-15H2,(H,21,22). The summed E-state index contributed by atoms with van der Waals surface area (Å²) in [5.41, 5.74) is 2.43. The van der Waals surface area contributed by atoms with Crippen molar-refractivity contribution >= 4 is 15.7 Å². The lowest BCUT2D eigenvalue weighted by Gasteiger charge is -2.19. The molecule has 1 fully saturated rings. The third-order valence-electron chi connectivity index (χ3n) is 4.74. The summed E-state index contributed by atoms with van der Waals surface area (Å²) in [5.74, 6) is -0.214. The van der Waals surface area contributed by atoms with Crippen molar-refractivity contribution < 1.29 is 13.2 Å². The Kier molecular flexibility index (Phi) is 5.53. The summed E-state index contributed by atoms with van der Waals surface area (Å²) in [6.45, 7) is 0.532. The third kappa shape index (κ3) is 4.69. The van der Waals surface area contributed by atoms with Crippen LogP contribution in [0.4, 0.5) is 0 Å². The molecule has 1 heterocycles. The molecule has 0 aliphatic carbocycles. The summed E-state index contributed by atoms with van der Waals surface area (Å²) < 4.78 is 23.0. The Balaban J connectivity index is 1.63. The van der Waals surface area contributed by atoms with Gasteiger partial charge in [-0.1, -0.05) is 60.7 Å². The smallest absolute Gasteiger partial charge is 0.224 e. The quantitative estimate of drug-likeness (QED) is 0.865. The molecule has 0 spiro atoms. The fraction of sp³-hybridized carbons (Fsp3) is 0.350. The van der Waals surface area contributed by atoms with Gasteiger partial charge in [0.05, 0.1) is 17.4 Å². The molecule has 1 unspecified atom stereocenters. The highest BCUT2D eigenvalue weighted by Crippen LogP contribution is 2.27. The molecule has 0 aromatic heterocycles. The van der Waals surface area contributed by atoms with Crippen molar-refractivity contribution in [1.29, 1.82) is 0 Å². The lowest BCUT2D eigenvalue weighted by Crippen LogP contribution is -2.32. The van der Waals surface area contributed by atoms with Crippen molar-refractivity contribution in [3.05, 3.63) is 71.8 Å². The minimum atomic E-state index is -3.03. The molecule has 1 amide bonds. The molecule has 4 nitrogen and oxygen atoms in total. The molecule has 1 atom stereocenters. The predicted octanol–water partition coefficient (Wildman–Crippen LogP) is 2.76. The number of nitrogens with one attached hydrogen (secondary N) is 1. The van der Waals surface area contributed by atoms with E-state index in [0.29, 0.717) is 13.0 Å². The van der Waals surface area contributed by atoms with Crippen LogP contribution in [0.5, 0.6) is 0 Å².